The van der Waals surface area contributed by atoms with Crippen LogP contribution in [0.4, 0.5) is 5.69 Å². The summed E-state index contributed by atoms with van der Waals surface area (Å²) in [6.07, 6.45) is 1.22. The van der Waals surface area contributed by atoms with E-state index in [1.165, 1.54) is 0 Å². The highest BCUT2D eigenvalue weighted by Crippen LogP contribution is 2.23. The van der Waals surface area contributed by atoms with Crippen LogP contribution in [0, 0.1) is 0 Å². The molecular formula is C14H21NO3S. The van der Waals surface area contributed by atoms with Gasteiger partial charge in [-0.05, 0) is 18.6 Å². The van der Waals surface area contributed by atoms with Gasteiger partial charge in [0.25, 0.3) is 0 Å². The summed E-state index contributed by atoms with van der Waals surface area (Å²) in [6.45, 7) is 2.25. The van der Waals surface area contributed by atoms with Crippen LogP contribution in [-0.2, 0) is 4.79 Å². The number of aliphatic hydroxyl groups excluding tert-OH is 1. The van der Waals surface area contributed by atoms with E-state index in [0.29, 0.717) is 23.1 Å². The molecule has 5 heteroatoms. The normalized spacial score (nSPS) is 11.9. The van der Waals surface area contributed by atoms with Gasteiger partial charge in [0.2, 0.25) is 5.91 Å². The highest BCUT2D eigenvalue weighted by molar-refractivity contribution is 7.99. The van der Waals surface area contributed by atoms with Gasteiger partial charge in [-0.1, -0.05) is 19.1 Å². The third kappa shape index (κ3) is 5.98. The Hall–Kier alpha value is -1.20. The number of anilines is 1. The van der Waals surface area contributed by atoms with E-state index in [9.17, 15) is 4.79 Å². The summed E-state index contributed by atoms with van der Waals surface area (Å²) in [6, 6.07) is 7.35. The van der Waals surface area contributed by atoms with Gasteiger partial charge in [0.1, 0.15) is 5.75 Å². The number of amides is 1. The number of aliphatic hydroxyl groups is 1. The average molecular weight is 283 g/mol. The minimum atomic E-state index is -0.0202. The summed E-state index contributed by atoms with van der Waals surface area (Å²) < 4.78 is 5.17. The first-order valence-corrected chi connectivity index (χ1v) is 7.37. The maximum atomic E-state index is 11.8. The molecule has 0 aromatic heterocycles. The molecule has 0 aliphatic rings. The number of carbonyl (C=O) groups is 1. The Labute approximate surface area is 118 Å². The number of thioether (sulfide) groups is 1. The summed E-state index contributed by atoms with van der Waals surface area (Å²) in [4.78, 5) is 11.8. The summed E-state index contributed by atoms with van der Waals surface area (Å²) >= 11 is 1.70. The number of para-hydroxylation sites is 2. The molecule has 0 aliphatic carbocycles. The Morgan fingerprint density at radius 3 is 2.89 bits per heavy atom. The van der Waals surface area contributed by atoms with Gasteiger partial charge in [-0.2, -0.15) is 11.8 Å². The highest BCUT2D eigenvalue weighted by Gasteiger charge is 2.08. The van der Waals surface area contributed by atoms with Gasteiger partial charge in [-0.15, -0.1) is 0 Å². The fourth-order valence-electron chi connectivity index (χ4n) is 1.58. The first kappa shape index (κ1) is 15.9. The van der Waals surface area contributed by atoms with Crippen LogP contribution in [0.3, 0.4) is 0 Å². The average Bonchev–Trinajstić information content (AvgIpc) is 2.39. The van der Waals surface area contributed by atoms with Crippen molar-refractivity contribution in [2.75, 3.05) is 24.8 Å². The first-order chi connectivity index (χ1) is 9.17. The van der Waals surface area contributed by atoms with Gasteiger partial charge in [0.15, 0.2) is 0 Å². The van der Waals surface area contributed by atoms with Crippen molar-refractivity contribution in [2.45, 2.75) is 25.0 Å². The fraction of sp³-hybridized carbons (Fsp3) is 0.500. The predicted molar refractivity (Wildman–Crippen MR) is 79.9 cm³/mol. The molecule has 2 N–H and O–H groups in total. The van der Waals surface area contributed by atoms with Crippen LogP contribution in [0.5, 0.6) is 5.75 Å². The van der Waals surface area contributed by atoms with Gasteiger partial charge in [-0.25, -0.2) is 0 Å². The van der Waals surface area contributed by atoms with E-state index < -0.39 is 0 Å². The highest BCUT2D eigenvalue weighted by atomic mass is 32.2. The van der Waals surface area contributed by atoms with Crippen molar-refractivity contribution in [1.29, 1.82) is 0 Å². The Balaban J connectivity index is 2.35. The number of methoxy groups -OCH3 is 1. The number of rotatable bonds is 8. The number of ether oxygens (including phenoxy) is 1. The molecule has 0 saturated heterocycles. The number of nitrogens with one attached hydrogen (secondary N) is 1. The Kier molecular flexibility index (Phi) is 7.36. The molecule has 0 bridgehead atoms. The van der Waals surface area contributed by atoms with E-state index in [0.717, 1.165) is 12.2 Å². The minimum absolute atomic E-state index is 0.0202. The second-order valence-electron chi connectivity index (χ2n) is 4.19. The second kappa shape index (κ2) is 8.82. The lowest BCUT2D eigenvalue weighted by molar-refractivity contribution is -0.115. The summed E-state index contributed by atoms with van der Waals surface area (Å²) in [5, 5.41) is 12.0. The molecule has 1 unspecified atom stereocenters. The van der Waals surface area contributed by atoms with E-state index >= 15 is 0 Å². The first-order valence-electron chi connectivity index (χ1n) is 6.32. The lowest BCUT2D eigenvalue weighted by Gasteiger charge is -2.11. The molecule has 0 saturated carbocycles. The molecule has 0 spiro atoms. The topological polar surface area (TPSA) is 58.6 Å². The molecular weight excluding hydrogens is 262 g/mol. The molecule has 4 nitrogen and oxygen atoms in total. The van der Waals surface area contributed by atoms with Gasteiger partial charge in [-0.3, -0.25) is 4.79 Å². The zero-order valence-electron chi connectivity index (χ0n) is 11.4. The summed E-state index contributed by atoms with van der Waals surface area (Å²) in [5.41, 5.74) is 0.698. The summed E-state index contributed by atoms with van der Waals surface area (Å²) in [5.74, 6) is 1.40. The maximum absolute atomic E-state index is 11.8. The van der Waals surface area contributed by atoms with E-state index in [1.54, 1.807) is 18.9 Å². The molecule has 19 heavy (non-hydrogen) atoms. The van der Waals surface area contributed by atoms with Crippen LogP contribution in [-0.4, -0.2) is 35.7 Å². The van der Waals surface area contributed by atoms with Crippen molar-refractivity contribution in [2.24, 2.45) is 0 Å². The van der Waals surface area contributed by atoms with Crippen LogP contribution < -0.4 is 10.1 Å². The fourth-order valence-corrected chi connectivity index (χ4v) is 2.56. The Morgan fingerprint density at radius 2 is 2.21 bits per heavy atom. The maximum Gasteiger partial charge on any atom is 0.225 e. The second-order valence-corrected chi connectivity index (χ2v) is 5.74. The van der Waals surface area contributed by atoms with Gasteiger partial charge >= 0.3 is 0 Å². The van der Waals surface area contributed by atoms with Crippen molar-refractivity contribution >= 4 is 23.4 Å². The predicted octanol–water partition coefficient (Wildman–Crippen LogP) is 2.53. The largest absolute Gasteiger partial charge is 0.495 e. The van der Waals surface area contributed by atoms with Crippen molar-refractivity contribution in [1.82, 2.24) is 0 Å². The number of hydrogen-bond donors (Lipinski definition) is 2. The molecule has 0 heterocycles. The molecule has 0 radical (unpaired) electrons. The monoisotopic (exact) mass is 283 g/mol. The molecule has 1 amide bonds. The lowest BCUT2D eigenvalue weighted by atomic mass is 10.3. The molecule has 1 atom stereocenters. The van der Waals surface area contributed by atoms with Crippen LogP contribution in [0.2, 0.25) is 0 Å². The third-order valence-electron chi connectivity index (χ3n) is 2.65. The van der Waals surface area contributed by atoms with Crippen LogP contribution in [0.25, 0.3) is 0 Å². The zero-order chi connectivity index (χ0) is 14.1. The van der Waals surface area contributed by atoms with Crippen molar-refractivity contribution < 1.29 is 14.6 Å². The molecule has 0 aliphatic heterocycles. The number of benzene rings is 1. The smallest absolute Gasteiger partial charge is 0.225 e. The molecule has 1 aromatic carbocycles. The molecule has 1 aromatic rings. The molecule has 1 rings (SSSR count). The van der Waals surface area contributed by atoms with Crippen LogP contribution in [0.1, 0.15) is 19.8 Å². The Bertz CT molecular complexity index is 398. The number of carbonyl (C=O) groups excluding carboxylic acids is 1. The molecule has 106 valence electrons. The van der Waals surface area contributed by atoms with E-state index in [-0.39, 0.29) is 12.5 Å². The molecule has 0 fully saturated rings. The summed E-state index contributed by atoms with van der Waals surface area (Å²) in [7, 11) is 1.58. The standard InChI is InChI=1S/C14H21NO3S/c1-11(7-9-16)19-10-8-14(17)15-12-5-3-4-6-13(12)18-2/h3-6,11,16H,7-10H2,1-2H3,(H,15,17). The zero-order valence-corrected chi connectivity index (χ0v) is 12.2. The number of hydrogen-bond acceptors (Lipinski definition) is 4. The third-order valence-corrected chi connectivity index (χ3v) is 3.89. The Morgan fingerprint density at radius 1 is 1.47 bits per heavy atom. The van der Waals surface area contributed by atoms with Gasteiger partial charge < -0.3 is 15.2 Å². The van der Waals surface area contributed by atoms with E-state index in [2.05, 4.69) is 12.2 Å². The van der Waals surface area contributed by atoms with Crippen molar-refractivity contribution in [3.63, 3.8) is 0 Å². The van der Waals surface area contributed by atoms with Crippen molar-refractivity contribution in [3.8, 4) is 5.75 Å². The van der Waals surface area contributed by atoms with Crippen molar-refractivity contribution in [3.05, 3.63) is 24.3 Å². The lowest BCUT2D eigenvalue weighted by Crippen LogP contribution is -2.13. The SMILES string of the molecule is COc1ccccc1NC(=O)CCSC(C)CCO. The van der Waals surface area contributed by atoms with Gasteiger partial charge in [0.05, 0.1) is 12.8 Å². The minimum Gasteiger partial charge on any atom is -0.495 e. The quantitative estimate of drug-likeness (QED) is 0.769. The van der Waals surface area contributed by atoms with Crippen LogP contribution in [0.15, 0.2) is 24.3 Å². The van der Waals surface area contributed by atoms with Gasteiger partial charge in [0, 0.05) is 24.0 Å². The van der Waals surface area contributed by atoms with E-state index in [4.69, 9.17) is 9.84 Å². The van der Waals surface area contributed by atoms with E-state index in [1.807, 2.05) is 24.3 Å². The van der Waals surface area contributed by atoms with Crippen LogP contribution >= 0.6 is 11.8 Å².